The molecule has 0 unspecified atom stereocenters. The molecule has 1 aromatic carbocycles. The van der Waals surface area contributed by atoms with Crippen LogP contribution < -0.4 is 4.74 Å². The van der Waals surface area contributed by atoms with Crippen LogP contribution in [0.4, 0.5) is 0 Å². The molecule has 0 saturated carbocycles. The van der Waals surface area contributed by atoms with E-state index in [-0.39, 0.29) is 0 Å². The van der Waals surface area contributed by atoms with Crippen LogP contribution in [0, 0.1) is 20.8 Å². The number of aryl methyl sites for hydroxylation is 3. The first-order valence-corrected chi connectivity index (χ1v) is 7.01. The van der Waals surface area contributed by atoms with Crippen LogP contribution in [-0.2, 0) is 0 Å². The fraction of sp³-hybridized carbons (Fsp3) is 0.267. The Hall–Kier alpha value is -1.81. The van der Waals surface area contributed by atoms with Crippen molar-refractivity contribution in [1.82, 2.24) is 9.38 Å². The third-order valence-corrected chi connectivity index (χ3v) is 4.48. The summed E-state index contributed by atoms with van der Waals surface area (Å²) in [6.07, 6.45) is 3.84. The molecule has 0 radical (unpaired) electrons. The highest BCUT2D eigenvalue weighted by Gasteiger charge is 2.16. The zero-order valence-corrected chi connectivity index (χ0v) is 12.3. The van der Waals surface area contributed by atoms with Crippen LogP contribution >= 0.6 is 11.3 Å². The van der Waals surface area contributed by atoms with Crippen LogP contribution in [0.2, 0.25) is 0 Å². The van der Waals surface area contributed by atoms with E-state index in [1.807, 2.05) is 12.4 Å². The first kappa shape index (κ1) is 12.2. The van der Waals surface area contributed by atoms with Gasteiger partial charge in [-0.2, -0.15) is 0 Å². The Bertz CT molecular complexity index is 755. The van der Waals surface area contributed by atoms with E-state index in [4.69, 9.17) is 4.74 Å². The van der Waals surface area contributed by atoms with Gasteiger partial charge in [-0.3, -0.25) is 4.40 Å². The second-order valence-electron chi connectivity index (χ2n) is 4.72. The minimum atomic E-state index is 0.916. The number of fused-ring (bicyclic) bond motifs is 1. The Morgan fingerprint density at radius 3 is 2.63 bits per heavy atom. The molecule has 4 heteroatoms. The van der Waals surface area contributed by atoms with Gasteiger partial charge in [-0.1, -0.05) is 0 Å². The molecule has 0 atom stereocenters. The molecule has 3 nitrogen and oxygen atoms in total. The number of hydrogen-bond acceptors (Lipinski definition) is 3. The maximum Gasteiger partial charge on any atom is 0.194 e. The van der Waals surface area contributed by atoms with Gasteiger partial charge in [0.1, 0.15) is 5.75 Å². The van der Waals surface area contributed by atoms with E-state index in [0.717, 1.165) is 16.3 Å². The Balaban J connectivity index is 2.34. The number of benzene rings is 1. The Morgan fingerprint density at radius 2 is 1.89 bits per heavy atom. The van der Waals surface area contributed by atoms with E-state index in [2.05, 4.69) is 42.3 Å². The van der Waals surface area contributed by atoms with Gasteiger partial charge in [0.25, 0.3) is 0 Å². The predicted molar refractivity (Wildman–Crippen MR) is 79.3 cm³/mol. The highest BCUT2D eigenvalue weighted by molar-refractivity contribution is 7.17. The number of imidazole rings is 1. The zero-order chi connectivity index (χ0) is 13.6. The van der Waals surface area contributed by atoms with Crippen LogP contribution in [0.25, 0.3) is 16.2 Å². The summed E-state index contributed by atoms with van der Waals surface area (Å²) in [6, 6.07) is 4.30. The minimum Gasteiger partial charge on any atom is -0.496 e. The van der Waals surface area contributed by atoms with Crippen molar-refractivity contribution >= 4 is 16.3 Å². The molecule has 0 saturated heterocycles. The van der Waals surface area contributed by atoms with Gasteiger partial charge in [0.05, 0.1) is 12.8 Å². The van der Waals surface area contributed by atoms with Crippen LogP contribution in [0.1, 0.15) is 16.0 Å². The molecule has 98 valence electrons. The molecule has 0 amide bonds. The van der Waals surface area contributed by atoms with Crippen molar-refractivity contribution in [3.05, 3.63) is 40.5 Å². The highest BCUT2D eigenvalue weighted by Crippen LogP contribution is 2.37. The predicted octanol–water partition coefficient (Wildman–Crippen LogP) is 4.00. The highest BCUT2D eigenvalue weighted by atomic mass is 32.1. The molecule has 0 aliphatic heterocycles. The molecule has 2 heterocycles. The van der Waals surface area contributed by atoms with E-state index >= 15 is 0 Å². The summed E-state index contributed by atoms with van der Waals surface area (Å²) in [5, 5.41) is 0. The summed E-state index contributed by atoms with van der Waals surface area (Å²) >= 11 is 1.71. The van der Waals surface area contributed by atoms with Crippen molar-refractivity contribution in [2.75, 3.05) is 7.11 Å². The van der Waals surface area contributed by atoms with Gasteiger partial charge in [-0.05, 0) is 44.0 Å². The maximum absolute atomic E-state index is 5.56. The average molecular weight is 272 g/mol. The molecule has 0 spiro atoms. The van der Waals surface area contributed by atoms with Crippen LogP contribution in [0.5, 0.6) is 5.75 Å². The van der Waals surface area contributed by atoms with Gasteiger partial charge in [0.2, 0.25) is 0 Å². The standard InChI is InChI=1S/C15H16N2OS/c1-9-7-12(13(18-4)8-10(9)2)14-11(3)19-15-16-5-6-17(14)15/h5-8H,1-4H3. The first-order valence-electron chi connectivity index (χ1n) is 6.20. The van der Waals surface area contributed by atoms with Gasteiger partial charge in [-0.15, -0.1) is 11.3 Å². The van der Waals surface area contributed by atoms with Crippen molar-refractivity contribution in [1.29, 1.82) is 0 Å². The zero-order valence-electron chi connectivity index (χ0n) is 11.5. The van der Waals surface area contributed by atoms with E-state index in [1.165, 1.54) is 21.7 Å². The lowest BCUT2D eigenvalue weighted by Gasteiger charge is -2.12. The molecule has 3 rings (SSSR count). The fourth-order valence-corrected chi connectivity index (χ4v) is 3.30. The summed E-state index contributed by atoms with van der Waals surface area (Å²) in [5.74, 6) is 0.916. The quantitative estimate of drug-likeness (QED) is 0.705. The number of rotatable bonds is 2. The number of ether oxygens (including phenoxy) is 1. The molecule has 0 fully saturated rings. The van der Waals surface area contributed by atoms with Crippen LogP contribution in [0.3, 0.4) is 0 Å². The van der Waals surface area contributed by atoms with Crippen molar-refractivity contribution < 1.29 is 4.74 Å². The number of thiazole rings is 1. The van der Waals surface area contributed by atoms with Gasteiger partial charge in [-0.25, -0.2) is 4.98 Å². The smallest absolute Gasteiger partial charge is 0.194 e. The maximum atomic E-state index is 5.56. The van der Waals surface area contributed by atoms with Crippen LogP contribution in [-0.4, -0.2) is 16.5 Å². The third kappa shape index (κ3) is 1.83. The normalized spacial score (nSPS) is 11.2. The lowest BCUT2D eigenvalue weighted by molar-refractivity contribution is 0.416. The van der Waals surface area contributed by atoms with E-state index in [9.17, 15) is 0 Å². The van der Waals surface area contributed by atoms with Crippen molar-refractivity contribution in [2.24, 2.45) is 0 Å². The summed E-state index contributed by atoms with van der Waals surface area (Å²) in [4.78, 5) is 6.64. The lowest BCUT2D eigenvalue weighted by Crippen LogP contribution is -1.94. The second-order valence-corrected chi connectivity index (χ2v) is 5.91. The molecule has 19 heavy (non-hydrogen) atoms. The van der Waals surface area contributed by atoms with Gasteiger partial charge in [0, 0.05) is 22.8 Å². The van der Waals surface area contributed by atoms with E-state index in [1.54, 1.807) is 18.4 Å². The second kappa shape index (κ2) is 4.38. The molecule has 0 aliphatic rings. The average Bonchev–Trinajstić information content (AvgIpc) is 2.92. The third-order valence-electron chi connectivity index (χ3n) is 3.50. The molecule has 0 bridgehead atoms. The SMILES string of the molecule is COc1cc(C)c(C)cc1-c1c(C)sc2nccn12. The Morgan fingerprint density at radius 1 is 1.16 bits per heavy atom. The Labute approximate surface area is 116 Å². The van der Waals surface area contributed by atoms with Crippen LogP contribution in [0.15, 0.2) is 24.5 Å². The molecular weight excluding hydrogens is 256 g/mol. The monoisotopic (exact) mass is 272 g/mol. The number of nitrogens with zero attached hydrogens (tertiary/aromatic N) is 2. The van der Waals surface area contributed by atoms with Gasteiger partial charge < -0.3 is 4.74 Å². The van der Waals surface area contributed by atoms with Gasteiger partial charge >= 0.3 is 0 Å². The summed E-state index contributed by atoms with van der Waals surface area (Å²) < 4.78 is 7.69. The first-order chi connectivity index (χ1) is 9.11. The topological polar surface area (TPSA) is 26.5 Å². The number of aromatic nitrogens is 2. The number of hydrogen-bond donors (Lipinski definition) is 0. The molecular formula is C15H16N2OS. The lowest BCUT2D eigenvalue weighted by atomic mass is 10.0. The van der Waals surface area contributed by atoms with E-state index in [0.29, 0.717) is 0 Å². The Kier molecular flexibility index (Phi) is 2.82. The summed E-state index contributed by atoms with van der Waals surface area (Å²) in [7, 11) is 1.72. The van der Waals surface area contributed by atoms with Crippen molar-refractivity contribution in [3.63, 3.8) is 0 Å². The van der Waals surface area contributed by atoms with E-state index < -0.39 is 0 Å². The molecule has 2 aromatic heterocycles. The molecule has 3 aromatic rings. The summed E-state index contributed by atoms with van der Waals surface area (Å²) in [5.41, 5.74) is 4.83. The molecule has 0 aliphatic carbocycles. The fourth-order valence-electron chi connectivity index (χ4n) is 2.35. The largest absolute Gasteiger partial charge is 0.496 e. The molecule has 0 N–H and O–H groups in total. The number of methoxy groups -OCH3 is 1. The van der Waals surface area contributed by atoms with Crippen molar-refractivity contribution in [3.8, 4) is 17.0 Å². The van der Waals surface area contributed by atoms with Crippen molar-refractivity contribution in [2.45, 2.75) is 20.8 Å². The minimum absolute atomic E-state index is 0.916. The van der Waals surface area contributed by atoms with Gasteiger partial charge in [0.15, 0.2) is 4.96 Å². The summed E-state index contributed by atoms with van der Waals surface area (Å²) in [6.45, 7) is 6.36.